The fourth-order valence-electron chi connectivity index (χ4n) is 2.12. The van der Waals surface area contributed by atoms with Crippen molar-refractivity contribution in [2.75, 3.05) is 11.6 Å². The van der Waals surface area contributed by atoms with Crippen molar-refractivity contribution in [3.05, 3.63) is 59.9 Å². The Hall–Kier alpha value is -3.07. The highest BCUT2D eigenvalue weighted by atomic mass is 32.2. The molecule has 3 rings (SSSR count). The molecule has 0 saturated heterocycles. The molecule has 0 atom stereocenters. The van der Waals surface area contributed by atoms with Crippen LogP contribution >= 0.6 is 0 Å². The van der Waals surface area contributed by atoms with Crippen LogP contribution in [0.25, 0.3) is 11.5 Å². The minimum atomic E-state index is -3.49. The van der Waals surface area contributed by atoms with Crippen molar-refractivity contribution in [3.8, 4) is 11.5 Å². The molecule has 128 valence electrons. The quantitative estimate of drug-likeness (QED) is 0.766. The lowest BCUT2D eigenvalue weighted by molar-refractivity contribution is 0.102. The van der Waals surface area contributed by atoms with Crippen molar-refractivity contribution in [1.29, 1.82) is 0 Å². The summed E-state index contributed by atoms with van der Waals surface area (Å²) in [6, 6.07) is 10.9. The zero-order chi connectivity index (χ0) is 18.0. The number of carbonyl (C=O) groups excluding carboxylic acids is 1. The Kier molecular flexibility index (Phi) is 4.32. The SMILES string of the molecule is CS(=O)(=O)c1ccccc1-c1nnc(NC(=O)c2ccc(F)cc2)o1. The van der Waals surface area contributed by atoms with Crippen LogP contribution in [-0.2, 0) is 9.84 Å². The Labute approximate surface area is 142 Å². The number of nitrogens with zero attached hydrogens (tertiary/aromatic N) is 2. The summed E-state index contributed by atoms with van der Waals surface area (Å²) in [5.74, 6) is -1.07. The fourth-order valence-corrected chi connectivity index (χ4v) is 3.00. The first kappa shape index (κ1) is 16.8. The molecule has 3 aromatic rings. The maximum absolute atomic E-state index is 12.9. The van der Waals surface area contributed by atoms with Gasteiger partial charge in [0, 0.05) is 11.8 Å². The molecule has 0 radical (unpaired) electrons. The predicted molar refractivity (Wildman–Crippen MR) is 87.2 cm³/mol. The summed E-state index contributed by atoms with van der Waals surface area (Å²) < 4.78 is 41.9. The van der Waals surface area contributed by atoms with Crippen LogP contribution in [0.5, 0.6) is 0 Å². The summed E-state index contributed by atoms with van der Waals surface area (Å²) in [5, 5.41) is 9.82. The normalized spacial score (nSPS) is 11.3. The summed E-state index contributed by atoms with van der Waals surface area (Å²) in [5.41, 5.74) is 0.442. The van der Waals surface area contributed by atoms with Crippen LogP contribution in [0.3, 0.4) is 0 Å². The van der Waals surface area contributed by atoms with Gasteiger partial charge in [-0.05, 0) is 36.4 Å². The molecule has 0 fully saturated rings. The zero-order valence-electron chi connectivity index (χ0n) is 12.9. The van der Waals surface area contributed by atoms with Gasteiger partial charge in [-0.2, -0.15) is 0 Å². The number of amides is 1. The van der Waals surface area contributed by atoms with Crippen LogP contribution in [0.15, 0.2) is 57.8 Å². The summed E-state index contributed by atoms with van der Waals surface area (Å²) >= 11 is 0. The maximum atomic E-state index is 12.9. The number of carbonyl (C=O) groups is 1. The number of benzene rings is 2. The first-order chi connectivity index (χ1) is 11.8. The second-order valence-corrected chi connectivity index (χ2v) is 7.13. The summed E-state index contributed by atoms with van der Waals surface area (Å²) in [4.78, 5) is 12.1. The number of hydrogen-bond donors (Lipinski definition) is 1. The van der Waals surface area contributed by atoms with Gasteiger partial charge in [-0.15, -0.1) is 5.10 Å². The van der Waals surface area contributed by atoms with Crippen LogP contribution in [-0.4, -0.2) is 30.8 Å². The highest BCUT2D eigenvalue weighted by Gasteiger charge is 2.19. The number of anilines is 1. The molecule has 1 N–H and O–H groups in total. The molecule has 1 amide bonds. The number of nitrogens with one attached hydrogen (secondary N) is 1. The number of aromatic nitrogens is 2. The molecule has 0 unspecified atom stereocenters. The standard InChI is InChI=1S/C16H12FN3O4S/c1-25(22,23)13-5-3-2-4-12(13)15-19-20-16(24-15)18-14(21)10-6-8-11(17)9-7-10/h2-9H,1H3,(H,18,20,21). The molecule has 0 bridgehead atoms. The summed E-state index contributed by atoms with van der Waals surface area (Å²) in [6.45, 7) is 0. The van der Waals surface area contributed by atoms with Gasteiger partial charge in [-0.1, -0.05) is 17.2 Å². The van der Waals surface area contributed by atoms with Gasteiger partial charge < -0.3 is 4.42 Å². The monoisotopic (exact) mass is 361 g/mol. The lowest BCUT2D eigenvalue weighted by Crippen LogP contribution is -2.12. The van der Waals surface area contributed by atoms with E-state index >= 15 is 0 Å². The van der Waals surface area contributed by atoms with Crippen LogP contribution in [0.1, 0.15) is 10.4 Å². The maximum Gasteiger partial charge on any atom is 0.322 e. The van der Waals surface area contributed by atoms with Gasteiger partial charge in [0.05, 0.1) is 10.5 Å². The van der Waals surface area contributed by atoms with Gasteiger partial charge in [0.2, 0.25) is 0 Å². The average Bonchev–Trinajstić information content (AvgIpc) is 3.03. The van der Waals surface area contributed by atoms with Crippen LogP contribution in [0.4, 0.5) is 10.4 Å². The Morgan fingerprint density at radius 3 is 2.44 bits per heavy atom. The van der Waals surface area contributed by atoms with E-state index in [1.54, 1.807) is 12.1 Å². The molecule has 0 saturated carbocycles. The predicted octanol–water partition coefficient (Wildman–Crippen LogP) is 2.53. The average molecular weight is 361 g/mol. The molecule has 25 heavy (non-hydrogen) atoms. The van der Waals surface area contributed by atoms with Crippen molar-refractivity contribution in [3.63, 3.8) is 0 Å². The van der Waals surface area contributed by atoms with Gasteiger partial charge >= 0.3 is 6.01 Å². The molecule has 0 aliphatic heterocycles. The summed E-state index contributed by atoms with van der Waals surface area (Å²) in [6.07, 6.45) is 1.07. The van der Waals surface area contributed by atoms with Crippen molar-refractivity contribution < 1.29 is 22.0 Å². The van der Waals surface area contributed by atoms with E-state index in [4.69, 9.17) is 4.42 Å². The number of sulfone groups is 1. The minimum absolute atomic E-state index is 0.0371. The fraction of sp³-hybridized carbons (Fsp3) is 0.0625. The summed E-state index contributed by atoms with van der Waals surface area (Å²) in [7, 11) is -3.49. The molecular weight excluding hydrogens is 349 g/mol. The Balaban J connectivity index is 1.87. The second kappa shape index (κ2) is 6.44. The van der Waals surface area contributed by atoms with Crippen molar-refractivity contribution in [2.24, 2.45) is 0 Å². The van der Waals surface area contributed by atoms with Gasteiger partial charge in [0.1, 0.15) is 5.82 Å². The lowest BCUT2D eigenvalue weighted by Gasteiger charge is -2.03. The van der Waals surface area contributed by atoms with E-state index in [-0.39, 0.29) is 27.9 Å². The van der Waals surface area contributed by atoms with E-state index in [9.17, 15) is 17.6 Å². The highest BCUT2D eigenvalue weighted by molar-refractivity contribution is 7.90. The van der Waals surface area contributed by atoms with E-state index in [0.717, 1.165) is 18.4 Å². The van der Waals surface area contributed by atoms with Crippen molar-refractivity contribution in [2.45, 2.75) is 4.90 Å². The molecule has 9 heteroatoms. The van der Waals surface area contributed by atoms with Crippen molar-refractivity contribution >= 4 is 21.8 Å². The minimum Gasteiger partial charge on any atom is -0.403 e. The van der Waals surface area contributed by atoms with Crippen LogP contribution < -0.4 is 5.32 Å². The Morgan fingerprint density at radius 2 is 1.76 bits per heavy atom. The molecule has 1 aromatic heterocycles. The molecule has 0 aliphatic rings. The van der Waals surface area contributed by atoms with Crippen molar-refractivity contribution in [1.82, 2.24) is 10.2 Å². The first-order valence-corrected chi connectivity index (χ1v) is 8.93. The van der Waals surface area contributed by atoms with E-state index in [1.807, 2.05) is 0 Å². The van der Waals surface area contributed by atoms with Gasteiger partial charge in [0.25, 0.3) is 11.8 Å². The number of hydrogen-bond acceptors (Lipinski definition) is 6. The number of halogens is 1. The Morgan fingerprint density at radius 1 is 1.08 bits per heavy atom. The topological polar surface area (TPSA) is 102 Å². The van der Waals surface area contributed by atoms with Gasteiger partial charge in [-0.25, -0.2) is 12.8 Å². The van der Waals surface area contributed by atoms with E-state index in [1.165, 1.54) is 24.3 Å². The van der Waals surface area contributed by atoms with E-state index in [0.29, 0.717) is 0 Å². The highest BCUT2D eigenvalue weighted by Crippen LogP contribution is 2.27. The van der Waals surface area contributed by atoms with E-state index < -0.39 is 21.6 Å². The largest absolute Gasteiger partial charge is 0.403 e. The molecular formula is C16H12FN3O4S. The lowest BCUT2D eigenvalue weighted by atomic mass is 10.2. The van der Waals surface area contributed by atoms with Gasteiger partial charge in [-0.3, -0.25) is 10.1 Å². The molecule has 2 aromatic carbocycles. The third kappa shape index (κ3) is 3.72. The van der Waals surface area contributed by atoms with Crippen LogP contribution in [0, 0.1) is 5.82 Å². The molecule has 1 heterocycles. The zero-order valence-corrected chi connectivity index (χ0v) is 13.7. The van der Waals surface area contributed by atoms with E-state index in [2.05, 4.69) is 15.5 Å². The molecule has 7 nitrogen and oxygen atoms in total. The first-order valence-electron chi connectivity index (χ1n) is 7.04. The number of rotatable bonds is 4. The third-order valence-electron chi connectivity index (χ3n) is 3.27. The Bertz CT molecular complexity index is 1030. The van der Waals surface area contributed by atoms with Gasteiger partial charge in [0.15, 0.2) is 9.84 Å². The second-order valence-electron chi connectivity index (χ2n) is 5.14. The molecule has 0 aliphatic carbocycles. The molecule has 0 spiro atoms. The smallest absolute Gasteiger partial charge is 0.322 e. The third-order valence-corrected chi connectivity index (χ3v) is 4.42. The van der Waals surface area contributed by atoms with Crippen LogP contribution in [0.2, 0.25) is 0 Å².